The highest BCUT2D eigenvalue weighted by Gasteiger charge is 2.34. The van der Waals surface area contributed by atoms with Crippen molar-refractivity contribution < 1.29 is 32.2 Å². The largest absolute Gasteiger partial charge is 0.493 e. The van der Waals surface area contributed by atoms with Gasteiger partial charge in [-0.05, 0) is 56.1 Å². The molecule has 1 saturated carbocycles. The molecule has 3 aromatic rings. The molecule has 2 aromatic carbocycles. The number of hydrogen-bond donors (Lipinski definition) is 2. The molecule has 0 atom stereocenters. The van der Waals surface area contributed by atoms with Gasteiger partial charge < -0.3 is 19.6 Å². The summed E-state index contributed by atoms with van der Waals surface area (Å²) in [6.45, 7) is 0.626. The summed E-state index contributed by atoms with van der Waals surface area (Å²) in [7, 11) is 0. The number of alkyl halides is 3. The van der Waals surface area contributed by atoms with E-state index >= 15 is 0 Å². The zero-order valence-corrected chi connectivity index (χ0v) is 18.6. The first-order chi connectivity index (χ1) is 16.1. The van der Waals surface area contributed by atoms with E-state index in [4.69, 9.17) is 25.9 Å². The second-order valence-corrected chi connectivity index (χ2v) is 8.57. The number of carboxylic acids is 1. The summed E-state index contributed by atoms with van der Waals surface area (Å²) in [5.41, 5.74) is -0.932. The van der Waals surface area contributed by atoms with Gasteiger partial charge in [0.05, 0.1) is 34.1 Å². The van der Waals surface area contributed by atoms with E-state index in [-0.39, 0.29) is 57.1 Å². The Morgan fingerprint density at radius 2 is 1.97 bits per heavy atom. The molecule has 0 unspecified atom stereocenters. The van der Waals surface area contributed by atoms with Gasteiger partial charge in [-0.1, -0.05) is 17.7 Å². The van der Waals surface area contributed by atoms with Crippen LogP contribution in [0.2, 0.25) is 5.02 Å². The van der Waals surface area contributed by atoms with E-state index in [9.17, 15) is 22.8 Å². The fourth-order valence-electron chi connectivity index (χ4n) is 3.84. The van der Waals surface area contributed by atoms with E-state index in [0.29, 0.717) is 25.8 Å². The van der Waals surface area contributed by atoms with Gasteiger partial charge in [-0.15, -0.1) is 0 Å². The maximum atomic E-state index is 13.3. The number of ether oxygens (including phenoxy) is 1. The van der Waals surface area contributed by atoms with E-state index in [1.165, 1.54) is 12.1 Å². The van der Waals surface area contributed by atoms with Crippen molar-refractivity contribution in [3.05, 3.63) is 63.3 Å². The Kier molecular flexibility index (Phi) is 6.86. The number of para-hydroxylation sites is 1. The van der Waals surface area contributed by atoms with Crippen LogP contribution in [0.15, 0.2) is 51.7 Å². The maximum Gasteiger partial charge on any atom is 0.416 e. The third-order valence-electron chi connectivity index (χ3n) is 5.78. The zero-order valence-electron chi connectivity index (χ0n) is 17.8. The number of carbonyl (C=O) groups is 1. The van der Waals surface area contributed by atoms with Crippen molar-refractivity contribution in [2.24, 2.45) is 5.92 Å². The van der Waals surface area contributed by atoms with Crippen LogP contribution in [0.1, 0.15) is 24.8 Å². The number of halogens is 4. The lowest BCUT2D eigenvalue weighted by atomic mass is 9.80. The molecule has 34 heavy (non-hydrogen) atoms. The Balaban J connectivity index is 1.52. The third kappa shape index (κ3) is 5.20. The van der Waals surface area contributed by atoms with Gasteiger partial charge in [-0.2, -0.15) is 13.2 Å². The predicted octanol–water partition coefficient (Wildman–Crippen LogP) is 5.35. The number of benzene rings is 2. The predicted molar refractivity (Wildman–Crippen MR) is 120 cm³/mol. The van der Waals surface area contributed by atoms with Crippen molar-refractivity contribution in [1.29, 1.82) is 0 Å². The van der Waals surface area contributed by atoms with Gasteiger partial charge in [0.25, 0.3) is 0 Å². The summed E-state index contributed by atoms with van der Waals surface area (Å²) in [6.07, 6.45) is -2.98. The summed E-state index contributed by atoms with van der Waals surface area (Å²) < 4.78 is 51.3. The molecule has 1 heterocycles. The Labute approximate surface area is 197 Å². The minimum absolute atomic E-state index is 0.0432. The number of fused-ring (bicyclic) bond motifs is 1. The lowest BCUT2D eigenvalue weighted by molar-refractivity contribution is -0.145. The first-order valence-corrected chi connectivity index (χ1v) is 11.0. The van der Waals surface area contributed by atoms with Crippen LogP contribution in [-0.2, 0) is 11.0 Å². The molecule has 0 radical (unpaired) electrons. The molecule has 1 aliphatic rings. The number of rotatable bonds is 8. The molecule has 180 valence electrons. The smallest absolute Gasteiger partial charge is 0.416 e. The van der Waals surface area contributed by atoms with Crippen LogP contribution in [0.4, 0.5) is 13.2 Å². The summed E-state index contributed by atoms with van der Waals surface area (Å²) in [4.78, 5) is 23.4. The summed E-state index contributed by atoms with van der Waals surface area (Å²) in [6, 6.07) is 9.00. The SMILES string of the molecule is O=C(O)C1CC(NCCCOc2cc(C(F)(F)F)ccc2-c2cc(=O)c3cccc(Cl)c3o2)C1. The Bertz CT molecular complexity index is 1270. The molecule has 10 heteroatoms. The molecular formula is C24H21ClF3NO5. The number of carboxylic acid groups (broad SMARTS) is 1. The van der Waals surface area contributed by atoms with Crippen molar-refractivity contribution >= 4 is 28.5 Å². The van der Waals surface area contributed by atoms with Crippen LogP contribution in [0, 0.1) is 5.92 Å². The van der Waals surface area contributed by atoms with E-state index < -0.39 is 17.7 Å². The third-order valence-corrected chi connectivity index (χ3v) is 6.08. The zero-order chi connectivity index (χ0) is 24.5. The molecular weight excluding hydrogens is 475 g/mol. The molecule has 0 amide bonds. The summed E-state index contributed by atoms with van der Waals surface area (Å²) in [5, 5.41) is 12.6. The number of nitrogens with one attached hydrogen (secondary N) is 1. The number of aliphatic carboxylic acids is 1. The monoisotopic (exact) mass is 495 g/mol. The molecule has 6 nitrogen and oxygen atoms in total. The molecule has 1 aliphatic carbocycles. The van der Waals surface area contributed by atoms with Crippen LogP contribution in [0.25, 0.3) is 22.3 Å². The average Bonchev–Trinajstić information content (AvgIpc) is 2.74. The molecule has 0 spiro atoms. The van der Waals surface area contributed by atoms with Crippen molar-refractivity contribution in [2.45, 2.75) is 31.5 Å². The molecule has 0 bridgehead atoms. The van der Waals surface area contributed by atoms with Crippen molar-refractivity contribution in [3.8, 4) is 17.1 Å². The van der Waals surface area contributed by atoms with Crippen LogP contribution in [-0.4, -0.2) is 30.3 Å². The minimum Gasteiger partial charge on any atom is -0.493 e. The van der Waals surface area contributed by atoms with Gasteiger partial charge in [0.1, 0.15) is 11.5 Å². The fourth-order valence-corrected chi connectivity index (χ4v) is 4.06. The maximum absolute atomic E-state index is 13.3. The van der Waals surface area contributed by atoms with E-state index in [0.717, 1.165) is 12.1 Å². The Morgan fingerprint density at radius 3 is 2.68 bits per heavy atom. The van der Waals surface area contributed by atoms with Crippen molar-refractivity contribution in [3.63, 3.8) is 0 Å². The minimum atomic E-state index is -4.57. The van der Waals surface area contributed by atoms with Crippen molar-refractivity contribution in [2.75, 3.05) is 13.2 Å². The van der Waals surface area contributed by atoms with Gasteiger partial charge in [-0.3, -0.25) is 9.59 Å². The molecule has 0 aliphatic heterocycles. The summed E-state index contributed by atoms with van der Waals surface area (Å²) >= 11 is 6.15. The first kappa shape index (κ1) is 24.1. The Morgan fingerprint density at radius 1 is 1.21 bits per heavy atom. The van der Waals surface area contributed by atoms with Crippen LogP contribution in [0.5, 0.6) is 5.75 Å². The average molecular weight is 496 g/mol. The summed E-state index contributed by atoms with van der Waals surface area (Å²) in [5.74, 6) is -1.16. The molecule has 1 fully saturated rings. The highest BCUT2D eigenvalue weighted by molar-refractivity contribution is 6.34. The van der Waals surface area contributed by atoms with Gasteiger partial charge in [0, 0.05) is 12.1 Å². The Hall–Kier alpha value is -3.04. The van der Waals surface area contributed by atoms with E-state index in [1.54, 1.807) is 18.2 Å². The van der Waals surface area contributed by atoms with Crippen LogP contribution in [0.3, 0.4) is 0 Å². The lowest BCUT2D eigenvalue weighted by Gasteiger charge is -2.33. The standard InChI is InChI=1S/C24H21ClF3NO5/c25-18-4-1-3-16-19(30)12-21(34-22(16)18)17-6-5-14(24(26,27)28)11-20(17)33-8-2-7-29-15-9-13(10-15)23(31)32/h1,3-6,11-13,15,29H,2,7-10H2,(H,31,32). The lowest BCUT2D eigenvalue weighted by Crippen LogP contribution is -2.44. The normalized spacial score (nSPS) is 18.0. The molecule has 2 N–H and O–H groups in total. The highest BCUT2D eigenvalue weighted by atomic mass is 35.5. The van der Waals surface area contributed by atoms with Crippen LogP contribution >= 0.6 is 11.6 Å². The molecule has 4 rings (SSSR count). The van der Waals surface area contributed by atoms with Crippen LogP contribution < -0.4 is 15.5 Å². The van der Waals surface area contributed by atoms with Gasteiger partial charge in [0.2, 0.25) is 0 Å². The second-order valence-electron chi connectivity index (χ2n) is 8.16. The van der Waals surface area contributed by atoms with Gasteiger partial charge in [0.15, 0.2) is 11.0 Å². The topological polar surface area (TPSA) is 88.8 Å². The fraction of sp³-hybridized carbons (Fsp3) is 0.333. The first-order valence-electron chi connectivity index (χ1n) is 10.7. The molecule has 1 aromatic heterocycles. The van der Waals surface area contributed by atoms with E-state index in [1.807, 2.05) is 0 Å². The van der Waals surface area contributed by atoms with E-state index in [2.05, 4.69) is 5.32 Å². The quantitative estimate of drug-likeness (QED) is 0.409. The highest BCUT2D eigenvalue weighted by Crippen LogP contribution is 2.38. The number of hydrogen-bond acceptors (Lipinski definition) is 5. The van der Waals surface area contributed by atoms with Gasteiger partial charge in [-0.25, -0.2) is 0 Å². The second kappa shape index (κ2) is 9.68. The molecule has 0 saturated heterocycles. The van der Waals surface area contributed by atoms with Crippen molar-refractivity contribution in [1.82, 2.24) is 5.32 Å². The van der Waals surface area contributed by atoms with Gasteiger partial charge >= 0.3 is 12.1 Å².